The van der Waals surface area contributed by atoms with Crippen LogP contribution in [-0.4, -0.2) is 16.9 Å². The lowest BCUT2D eigenvalue weighted by atomic mass is 10.5. The van der Waals surface area contributed by atoms with Crippen molar-refractivity contribution in [3.05, 3.63) is 16.6 Å². The van der Waals surface area contributed by atoms with Gasteiger partial charge in [0.1, 0.15) is 0 Å². The van der Waals surface area contributed by atoms with Gasteiger partial charge in [-0.15, -0.1) is 11.3 Å². The summed E-state index contributed by atoms with van der Waals surface area (Å²) in [7, 11) is 1.74. The average molecular weight is 153 g/mol. The highest BCUT2D eigenvalue weighted by atomic mass is 32.1. The van der Waals surface area contributed by atoms with E-state index in [0.29, 0.717) is 6.54 Å². The molecule has 0 bridgehead atoms. The number of rotatable bonds is 2. The van der Waals surface area contributed by atoms with Crippen molar-refractivity contribution in [3.8, 4) is 6.19 Å². The fourth-order valence-electron chi connectivity index (χ4n) is 0.594. The van der Waals surface area contributed by atoms with E-state index in [1.54, 1.807) is 23.9 Å². The maximum atomic E-state index is 8.39. The summed E-state index contributed by atoms with van der Waals surface area (Å²) in [6.45, 7) is 0.611. The van der Waals surface area contributed by atoms with Crippen molar-refractivity contribution < 1.29 is 0 Å². The smallest absolute Gasteiger partial charge is 0.179 e. The van der Waals surface area contributed by atoms with Crippen LogP contribution in [0.3, 0.4) is 0 Å². The summed E-state index contributed by atoms with van der Waals surface area (Å²) >= 11 is 1.54. The summed E-state index contributed by atoms with van der Waals surface area (Å²) in [5, 5.41) is 10.3. The van der Waals surface area contributed by atoms with Gasteiger partial charge in [0.05, 0.1) is 17.7 Å². The maximum absolute atomic E-state index is 8.39. The molecule has 4 heteroatoms. The largest absolute Gasteiger partial charge is 0.308 e. The molecule has 0 aromatic carbocycles. The Morgan fingerprint density at radius 3 is 3.20 bits per heavy atom. The van der Waals surface area contributed by atoms with Crippen molar-refractivity contribution in [1.29, 1.82) is 5.26 Å². The van der Waals surface area contributed by atoms with Gasteiger partial charge in [-0.3, -0.25) is 0 Å². The summed E-state index contributed by atoms with van der Waals surface area (Å²) in [5.41, 5.74) is 2.72. The molecule has 0 unspecified atom stereocenters. The van der Waals surface area contributed by atoms with Crippen LogP contribution >= 0.6 is 11.3 Å². The van der Waals surface area contributed by atoms with Crippen LogP contribution in [0.1, 0.15) is 5.69 Å². The molecule has 10 heavy (non-hydrogen) atoms. The minimum atomic E-state index is 0.611. The van der Waals surface area contributed by atoms with E-state index in [1.165, 1.54) is 4.90 Å². The normalized spacial score (nSPS) is 8.80. The average Bonchev–Trinajstić information content (AvgIpc) is 2.40. The topological polar surface area (TPSA) is 39.9 Å². The predicted molar refractivity (Wildman–Crippen MR) is 39.2 cm³/mol. The minimum Gasteiger partial charge on any atom is -0.308 e. The van der Waals surface area contributed by atoms with E-state index < -0.39 is 0 Å². The molecule has 1 aromatic rings. The second-order valence-corrected chi connectivity index (χ2v) is 2.65. The molecule has 0 aliphatic carbocycles. The van der Waals surface area contributed by atoms with Crippen LogP contribution in [0.4, 0.5) is 0 Å². The number of aromatic nitrogens is 1. The van der Waals surface area contributed by atoms with Gasteiger partial charge in [-0.1, -0.05) is 0 Å². The molecule has 0 saturated heterocycles. The van der Waals surface area contributed by atoms with Crippen LogP contribution in [0.25, 0.3) is 0 Å². The summed E-state index contributed by atoms with van der Waals surface area (Å²) in [5.74, 6) is 0. The SMILES string of the molecule is CN(C#N)Cc1cscn1. The second kappa shape index (κ2) is 3.18. The third-order valence-corrected chi connectivity index (χ3v) is 1.69. The number of hydrogen-bond donors (Lipinski definition) is 0. The fraction of sp³-hybridized carbons (Fsp3) is 0.333. The first-order valence-electron chi connectivity index (χ1n) is 2.81. The first-order chi connectivity index (χ1) is 4.83. The highest BCUT2D eigenvalue weighted by molar-refractivity contribution is 7.07. The Balaban J connectivity index is 2.50. The van der Waals surface area contributed by atoms with E-state index in [4.69, 9.17) is 5.26 Å². The first-order valence-corrected chi connectivity index (χ1v) is 3.75. The summed E-state index contributed by atoms with van der Waals surface area (Å²) < 4.78 is 0. The second-order valence-electron chi connectivity index (χ2n) is 1.94. The molecular formula is C6H7N3S. The van der Waals surface area contributed by atoms with E-state index in [1.807, 2.05) is 11.6 Å². The van der Waals surface area contributed by atoms with Crippen LogP contribution in [0.2, 0.25) is 0 Å². The van der Waals surface area contributed by atoms with Crippen LogP contribution in [0.5, 0.6) is 0 Å². The molecule has 1 heterocycles. The monoisotopic (exact) mass is 153 g/mol. The van der Waals surface area contributed by atoms with Gasteiger partial charge in [0, 0.05) is 12.4 Å². The molecule has 0 atom stereocenters. The Hall–Kier alpha value is -1.08. The zero-order chi connectivity index (χ0) is 7.40. The molecule has 1 rings (SSSR count). The standard InChI is InChI=1S/C6H7N3S/c1-9(4-7)2-6-3-10-5-8-6/h3,5H,2H2,1H3. The summed E-state index contributed by atoms with van der Waals surface area (Å²) in [6.07, 6.45) is 2.00. The van der Waals surface area contributed by atoms with Gasteiger partial charge in [0.15, 0.2) is 6.19 Å². The van der Waals surface area contributed by atoms with Crippen molar-refractivity contribution in [2.75, 3.05) is 7.05 Å². The predicted octanol–water partition coefficient (Wildman–Crippen LogP) is 1.06. The molecule has 0 spiro atoms. The zero-order valence-electron chi connectivity index (χ0n) is 5.61. The van der Waals surface area contributed by atoms with Crippen molar-refractivity contribution >= 4 is 11.3 Å². The zero-order valence-corrected chi connectivity index (χ0v) is 6.43. The van der Waals surface area contributed by atoms with E-state index in [0.717, 1.165) is 5.69 Å². The number of nitriles is 1. The van der Waals surface area contributed by atoms with Gasteiger partial charge in [-0.05, 0) is 0 Å². The van der Waals surface area contributed by atoms with Crippen molar-refractivity contribution in [2.24, 2.45) is 0 Å². The molecule has 52 valence electrons. The number of nitrogens with zero attached hydrogens (tertiary/aromatic N) is 3. The first kappa shape index (κ1) is 7.03. The molecule has 0 N–H and O–H groups in total. The quantitative estimate of drug-likeness (QED) is 0.471. The molecule has 3 nitrogen and oxygen atoms in total. The van der Waals surface area contributed by atoms with Crippen molar-refractivity contribution in [1.82, 2.24) is 9.88 Å². The lowest BCUT2D eigenvalue weighted by molar-refractivity contribution is 0.463. The third-order valence-electron chi connectivity index (χ3n) is 1.05. The molecule has 0 aliphatic heterocycles. The minimum absolute atomic E-state index is 0.611. The Labute approximate surface area is 63.5 Å². The lowest BCUT2D eigenvalue weighted by Crippen LogP contribution is -2.09. The van der Waals surface area contributed by atoms with Crippen molar-refractivity contribution in [3.63, 3.8) is 0 Å². The van der Waals surface area contributed by atoms with Crippen LogP contribution in [-0.2, 0) is 6.54 Å². The fourth-order valence-corrected chi connectivity index (χ4v) is 1.14. The molecule has 1 aromatic heterocycles. The molecule has 0 radical (unpaired) electrons. The van der Waals surface area contributed by atoms with Gasteiger partial charge in [0.25, 0.3) is 0 Å². The van der Waals surface area contributed by atoms with Crippen LogP contribution in [0, 0.1) is 11.5 Å². The van der Waals surface area contributed by atoms with E-state index in [-0.39, 0.29) is 0 Å². The summed E-state index contributed by atoms with van der Waals surface area (Å²) in [4.78, 5) is 5.57. The third kappa shape index (κ3) is 1.71. The van der Waals surface area contributed by atoms with E-state index >= 15 is 0 Å². The Morgan fingerprint density at radius 1 is 1.90 bits per heavy atom. The highest BCUT2D eigenvalue weighted by Crippen LogP contribution is 2.02. The van der Waals surface area contributed by atoms with E-state index in [9.17, 15) is 0 Å². The number of hydrogen-bond acceptors (Lipinski definition) is 4. The molecule has 0 saturated carbocycles. The van der Waals surface area contributed by atoms with Gasteiger partial charge in [0.2, 0.25) is 0 Å². The van der Waals surface area contributed by atoms with Crippen molar-refractivity contribution in [2.45, 2.75) is 6.54 Å². The molecule has 0 amide bonds. The Kier molecular flexibility index (Phi) is 2.24. The molecular weight excluding hydrogens is 146 g/mol. The van der Waals surface area contributed by atoms with Gasteiger partial charge < -0.3 is 4.90 Å². The highest BCUT2D eigenvalue weighted by Gasteiger charge is 1.96. The molecule has 0 fully saturated rings. The lowest BCUT2D eigenvalue weighted by Gasteiger charge is -2.03. The van der Waals surface area contributed by atoms with Gasteiger partial charge in [-0.2, -0.15) is 5.26 Å². The summed E-state index contributed by atoms with van der Waals surface area (Å²) in [6, 6.07) is 0. The Morgan fingerprint density at radius 2 is 2.70 bits per heavy atom. The maximum Gasteiger partial charge on any atom is 0.179 e. The molecule has 0 aliphatic rings. The van der Waals surface area contributed by atoms with Crippen LogP contribution < -0.4 is 0 Å². The van der Waals surface area contributed by atoms with Gasteiger partial charge in [-0.25, -0.2) is 4.98 Å². The number of thiazole rings is 1. The van der Waals surface area contributed by atoms with Crippen LogP contribution in [0.15, 0.2) is 10.9 Å². The van der Waals surface area contributed by atoms with Gasteiger partial charge >= 0.3 is 0 Å². The Bertz CT molecular complexity index is 224. The van der Waals surface area contributed by atoms with E-state index in [2.05, 4.69) is 4.98 Å².